The molecule has 3 N–H and O–H groups in total. The average molecular weight is 523 g/mol. The van der Waals surface area contributed by atoms with Gasteiger partial charge in [-0.25, -0.2) is 19.0 Å². The Kier molecular flexibility index (Phi) is 5.96. The lowest BCUT2D eigenvalue weighted by Crippen LogP contribution is -2.12. The minimum atomic E-state index is -0.583. The molecule has 1 unspecified atom stereocenters. The van der Waals surface area contributed by atoms with Crippen molar-refractivity contribution in [3.8, 4) is 28.4 Å². The molecule has 5 aromatic heterocycles. The van der Waals surface area contributed by atoms with Gasteiger partial charge in [-0.15, -0.1) is 0 Å². The Morgan fingerprint density at radius 2 is 1.90 bits per heavy atom. The van der Waals surface area contributed by atoms with Gasteiger partial charge < -0.3 is 20.1 Å². The molecule has 0 aliphatic heterocycles. The maximum absolute atomic E-state index is 14.2. The molecule has 196 valence electrons. The third kappa shape index (κ3) is 4.34. The van der Waals surface area contributed by atoms with Gasteiger partial charge in [0.25, 0.3) is 0 Å². The van der Waals surface area contributed by atoms with Gasteiger partial charge in [0, 0.05) is 41.6 Å². The second-order valence-corrected chi connectivity index (χ2v) is 9.86. The van der Waals surface area contributed by atoms with Crippen molar-refractivity contribution in [2.75, 3.05) is 19.8 Å². The summed E-state index contributed by atoms with van der Waals surface area (Å²) in [5.41, 5.74) is 12.5. The topological polar surface area (TPSA) is 110 Å². The van der Waals surface area contributed by atoms with Crippen LogP contribution in [0.5, 0.6) is 5.75 Å². The third-order valence-electron chi connectivity index (χ3n) is 6.77. The first kappa shape index (κ1) is 24.5. The molecule has 0 amide bonds. The third-order valence-corrected chi connectivity index (χ3v) is 6.77. The quantitative estimate of drug-likeness (QED) is 0.320. The molecule has 10 heteroatoms. The highest BCUT2D eigenvalue weighted by molar-refractivity contribution is 5.98. The molecule has 0 saturated heterocycles. The van der Waals surface area contributed by atoms with E-state index in [1.165, 1.54) is 18.5 Å². The zero-order valence-electron chi connectivity index (χ0n) is 21.7. The van der Waals surface area contributed by atoms with E-state index < -0.39 is 5.82 Å². The van der Waals surface area contributed by atoms with Crippen LogP contribution < -0.4 is 5.73 Å². The van der Waals surface area contributed by atoms with Crippen LogP contribution in [0.3, 0.4) is 0 Å². The number of hydrogen-bond acceptors (Lipinski definition) is 7. The van der Waals surface area contributed by atoms with Crippen molar-refractivity contribution in [3.63, 3.8) is 0 Å². The average Bonchev–Trinajstić information content (AvgIpc) is 3.48. The van der Waals surface area contributed by atoms with Crippen LogP contribution in [0.1, 0.15) is 24.1 Å². The lowest BCUT2D eigenvalue weighted by Gasteiger charge is -2.16. The molecular formula is C29H27FN8O. The van der Waals surface area contributed by atoms with Crippen LogP contribution in [-0.4, -0.2) is 53.2 Å². The highest BCUT2D eigenvalue weighted by Gasteiger charge is 2.25. The van der Waals surface area contributed by atoms with Gasteiger partial charge in [-0.2, -0.15) is 5.10 Å². The SMILES string of the molecule is CC(c1cc2ccccn2c1-c1cc(CN(C)C)ccn1)n1nc(-c2cc(O)cc(F)c2)c2c(N)ncnc21. The summed E-state index contributed by atoms with van der Waals surface area (Å²) in [4.78, 5) is 15.5. The Labute approximate surface area is 224 Å². The number of nitrogen functional groups attached to an aromatic ring is 1. The van der Waals surface area contributed by atoms with Crippen molar-refractivity contribution in [3.05, 3.63) is 90.3 Å². The number of aromatic hydroxyl groups is 1. The monoisotopic (exact) mass is 522 g/mol. The van der Waals surface area contributed by atoms with Crippen molar-refractivity contribution < 1.29 is 9.50 Å². The number of hydrogen-bond donors (Lipinski definition) is 2. The van der Waals surface area contributed by atoms with E-state index in [4.69, 9.17) is 15.8 Å². The van der Waals surface area contributed by atoms with Gasteiger partial charge in [0.1, 0.15) is 29.4 Å². The fraction of sp³-hybridized carbons (Fsp3) is 0.172. The van der Waals surface area contributed by atoms with Gasteiger partial charge >= 0.3 is 0 Å². The van der Waals surface area contributed by atoms with Crippen molar-refractivity contribution in [1.29, 1.82) is 0 Å². The molecule has 1 atom stereocenters. The number of phenols is 1. The Balaban J connectivity index is 1.57. The van der Waals surface area contributed by atoms with Crippen LogP contribution in [0, 0.1) is 5.82 Å². The van der Waals surface area contributed by atoms with E-state index in [9.17, 15) is 9.50 Å². The summed E-state index contributed by atoms with van der Waals surface area (Å²) in [6.07, 6.45) is 5.24. The molecule has 0 fully saturated rings. The fourth-order valence-electron chi connectivity index (χ4n) is 5.11. The van der Waals surface area contributed by atoms with Gasteiger partial charge in [0.2, 0.25) is 0 Å². The van der Waals surface area contributed by atoms with E-state index >= 15 is 0 Å². The molecule has 0 radical (unpaired) electrons. The Hall–Kier alpha value is -4.83. The Morgan fingerprint density at radius 1 is 1.05 bits per heavy atom. The van der Waals surface area contributed by atoms with Crippen LogP contribution in [0.4, 0.5) is 10.2 Å². The number of pyridine rings is 2. The Bertz CT molecular complexity index is 1820. The number of aromatic nitrogens is 6. The normalized spacial score (nSPS) is 12.5. The minimum absolute atomic E-state index is 0.208. The second kappa shape index (κ2) is 9.48. The van der Waals surface area contributed by atoms with Crippen molar-refractivity contribution >= 4 is 22.4 Å². The molecule has 6 rings (SSSR count). The number of nitrogens with zero attached hydrogens (tertiary/aromatic N) is 7. The van der Waals surface area contributed by atoms with Crippen LogP contribution in [0.25, 0.3) is 39.2 Å². The highest BCUT2D eigenvalue weighted by Crippen LogP contribution is 2.38. The molecule has 9 nitrogen and oxygen atoms in total. The molecule has 0 bridgehead atoms. The summed E-state index contributed by atoms with van der Waals surface area (Å²) in [6, 6.07) is 15.8. The summed E-state index contributed by atoms with van der Waals surface area (Å²) in [7, 11) is 4.07. The standard InChI is InChI=1S/C29H27FN8O/c1-17(38-29-25(28(31)33-16-34-29)26(35-38)19-11-20(30)13-22(39)12-19)23-14-21-6-4-5-9-37(21)27(23)24-10-18(7-8-32-24)15-36(2)3/h4-14,16-17,39H,15H2,1-3H3,(H2,31,33,34). The molecule has 0 aliphatic rings. The molecule has 0 aliphatic carbocycles. The zero-order chi connectivity index (χ0) is 27.3. The van der Waals surface area contributed by atoms with E-state index in [2.05, 4.69) is 31.4 Å². The number of halogens is 1. The minimum Gasteiger partial charge on any atom is -0.508 e. The van der Waals surface area contributed by atoms with Crippen LogP contribution in [-0.2, 0) is 6.54 Å². The first-order chi connectivity index (χ1) is 18.8. The molecule has 39 heavy (non-hydrogen) atoms. The summed E-state index contributed by atoms with van der Waals surface area (Å²) in [5.74, 6) is -0.570. The van der Waals surface area contributed by atoms with Crippen LogP contribution in [0.2, 0.25) is 0 Å². The van der Waals surface area contributed by atoms with Crippen LogP contribution >= 0.6 is 0 Å². The van der Waals surface area contributed by atoms with Crippen molar-refractivity contribution in [2.45, 2.75) is 19.5 Å². The number of anilines is 1. The van der Waals surface area contributed by atoms with Gasteiger partial charge in [-0.3, -0.25) is 4.98 Å². The summed E-state index contributed by atoms with van der Waals surface area (Å²) in [5, 5.41) is 15.4. The predicted molar refractivity (Wildman–Crippen MR) is 149 cm³/mol. The molecular weight excluding hydrogens is 495 g/mol. The smallest absolute Gasteiger partial charge is 0.164 e. The summed E-state index contributed by atoms with van der Waals surface area (Å²) < 4.78 is 18.1. The summed E-state index contributed by atoms with van der Waals surface area (Å²) in [6.45, 7) is 2.81. The summed E-state index contributed by atoms with van der Waals surface area (Å²) >= 11 is 0. The molecule has 1 aromatic carbocycles. The van der Waals surface area contributed by atoms with E-state index in [1.807, 2.05) is 57.7 Å². The largest absolute Gasteiger partial charge is 0.508 e. The van der Waals surface area contributed by atoms with E-state index in [1.54, 1.807) is 4.68 Å². The molecule has 5 heterocycles. The first-order valence-corrected chi connectivity index (χ1v) is 12.5. The molecule has 6 aromatic rings. The number of phenolic OH excluding ortho intramolecular Hbond substituents is 1. The van der Waals surface area contributed by atoms with Crippen molar-refractivity contribution in [1.82, 2.24) is 34.0 Å². The fourth-order valence-corrected chi connectivity index (χ4v) is 5.11. The van der Waals surface area contributed by atoms with Gasteiger partial charge in [0.15, 0.2) is 5.65 Å². The lowest BCUT2D eigenvalue weighted by molar-refractivity contribution is 0.402. The zero-order valence-corrected chi connectivity index (χ0v) is 21.7. The molecule has 0 saturated carbocycles. The number of fused-ring (bicyclic) bond motifs is 2. The maximum Gasteiger partial charge on any atom is 0.164 e. The number of nitrogens with two attached hydrogens (primary N) is 1. The van der Waals surface area contributed by atoms with Gasteiger partial charge in [0.05, 0.1) is 22.8 Å². The van der Waals surface area contributed by atoms with Gasteiger partial charge in [-0.1, -0.05) is 6.07 Å². The Morgan fingerprint density at radius 3 is 2.69 bits per heavy atom. The van der Waals surface area contributed by atoms with Gasteiger partial charge in [-0.05, 0) is 69.0 Å². The first-order valence-electron chi connectivity index (χ1n) is 12.5. The number of benzene rings is 1. The predicted octanol–water partition coefficient (Wildman–Crippen LogP) is 4.91. The van der Waals surface area contributed by atoms with E-state index in [-0.39, 0.29) is 17.6 Å². The maximum atomic E-state index is 14.2. The molecule has 0 spiro atoms. The second-order valence-electron chi connectivity index (χ2n) is 9.86. The van der Waals surface area contributed by atoms with Crippen LogP contribution in [0.15, 0.2) is 73.3 Å². The lowest BCUT2D eigenvalue weighted by atomic mass is 10.1. The van der Waals surface area contributed by atoms with Crippen molar-refractivity contribution in [2.24, 2.45) is 0 Å². The highest BCUT2D eigenvalue weighted by atomic mass is 19.1. The number of rotatable bonds is 6. The van der Waals surface area contributed by atoms with E-state index in [0.717, 1.165) is 40.6 Å². The van der Waals surface area contributed by atoms with E-state index in [0.29, 0.717) is 22.3 Å².